The molecule has 0 aromatic rings. The van der Waals surface area contributed by atoms with E-state index in [1.807, 2.05) is 0 Å². The van der Waals surface area contributed by atoms with E-state index in [-0.39, 0.29) is 30.9 Å². The lowest BCUT2D eigenvalue weighted by molar-refractivity contribution is -0.147. The van der Waals surface area contributed by atoms with Gasteiger partial charge in [-0.1, -0.05) is 148 Å². The SMILES string of the molecule is CCCCCCC/C=C\C(CCCCCCC(=O)NCC(=O)NC(CO)C(=O)O)OC(=O)CCCCCCCCCCCCCCCCC. The van der Waals surface area contributed by atoms with Crippen LogP contribution in [0, 0.1) is 0 Å². The highest BCUT2D eigenvalue weighted by molar-refractivity contribution is 5.87. The Morgan fingerprint density at radius 2 is 1.08 bits per heavy atom. The van der Waals surface area contributed by atoms with Gasteiger partial charge in [-0.2, -0.15) is 0 Å². The number of amides is 2. The van der Waals surface area contributed by atoms with E-state index < -0.39 is 24.5 Å². The number of rotatable bonds is 36. The lowest BCUT2D eigenvalue weighted by Crippen LogP contribution is -2.47. The summed E-state index contributed by atoms with van der Waals surface area (Å²) >= 11 is 0. The molecule has 0 heterocycles. The summed E-state index contributed by atoms with van der Waals surface area (Å²) in [5, 5.41) is 22.5. The van der Waals surface area contributed by atoms with Crippen LogP contribution < -0.4 is 10.6 Å². The molecule has 0 aromatic heterocycles. The van der Waals surface area contributed by atoms with Gasteiger partial charge in [-0.25, -0.2) is 4.79 Å². The van der Waals surface area contributed by atoms with E-state index in [2.05, 4.69) is 36.6 Å². The quantitative estimate of drug-likeness (QED) is 0.0291. The van der Waals surface area contributed by atoms with Crippen molar-refractivity contribution in [2.75, 3.05) is 13.2 Å². The Morgan fingerprint density at radius 3 is 1.59 bits per heavy atom. The highest BCUT2D eigenvalue weighted by Gasteiger charge is 2.18. The number of ether oxygens (including phenoxy) is 1. The van der Waals surface area contributed by atoms with E-state index in [0.717, 1.165) is 51.4 Å². The Morgan fingerprint density at radius 1 is 0.612 bits per heavy atom. The number of carboxylic acids is 1. The molecule has 49 heavy (non-hydrogen) atoms. The second-order valence-corrected chi connectivity index (χ2v) is 13.7. The van der Waals surface area contributed by atoms with Crippen LogP contribution in [0.1, 0.15) is 194 Å². The molecule has 286 valence electrons. The van der Waals surface area contributed by atoms with E-state index in [0.29, 0.717) is 12.8 Å². The molecule has 9 heteroatoms. The molecule has 2 amide bonds. The molecule has 0 radical (unpaired) electrons. The fraction of sp³-hybridized carbons (Fsp3) is 0.850. The number of esters is 1. The van der Waals surface area contributed by atoms with Gasteiger partial charge in [0, 0.05) is 12.8 Å². The van der Waals surface area contributed by atoms with Crippen LogP contribution in [0.15, 0.2) is 12.2 Å². The average Bonchev–Trinajstić information content (AvgIpc) is 3.08. The maximum Gasteiger partial charge on any atom is 0.328 e. The van der Waals surface area contributed by atoms with Crippen molar-refractivity contribution in [3.05, 3.63) is 12.2 Å². The summed E-state index contributed by atoms with van der Waals surface area (Å²) in [7, 11) is 0. The third kappa shape index (κ3) is 32.5. The van der Waals surface area contributed by atoms with Gasteiger partial charge in [0.1, 0.15) is 12.1 Å². The van der Waals surface area contributed by atoms with Crippen molar-refractivity contribution in [3.63, 3.8) is 0 Å². The van der Waals surface area contributed by atoms with Crippen molar-refractivity contribution < 1.29 is 34.1 Å². The number of carboxylic acid groups (broad SMARTS) is 1. The summed E-state index contributed by atoms with van der Waals surface area (Å²) in [4.78, 5) is 47.4. The van der Waals surface area contributed by atoms with Crippen LogP contribution in [-0.4, -0.2) is 59.3 Å². The molecule has 4 N–H and O–H groups in total. The third-order valence-corrected chi connectivity index (χ3v) is 9.00. The predicted molar refractivity (Wildman–Crippen MR) is 199 cm³/mol. The van der Waals surface area contributed by atoms with Crippen LogP contribution in [0.2, 0.25) is 0 Å². The summed E-state index contributed by atoms with van der Waals surface area (Å²) in [6.07, 6.45) is 35.4. The van der Waals surface area contributed by atoms with Gasteiger partial charge in [0.05, 0.1) is 13.2 Å². The molecule has 2 atom stereocenters. The summed E-state index contributed by atoms with van der Waals surface area (Å²) in [5.74, 6) is -2.39. The molecule has 2 unspecified atom stereocenters. The second kappa shape index (κ2) is 35.4. The topological polar surface area (TPSA) is 142 Å². The molecule has 9 nitrogen and oxygen atoms in total. The number of nitrogens with one attached hydrogen (secondary N) is 2. The standard InChI is InChI=1S/C40H74N2O7/c1-3-5-7-9-11-12-13-14-15-16-17-18-20-22-28-32-39(46)49-35(29-25-21-19-10-8-6-4-2)30-26-23-24-27-31-37(44)41-33-38(45)42-36(34-43)40(47)48/h25,29,35-36,43H,3-24,26-28,30-34H2,1-2H3,(H,41,44)(H,42,45)(H,47,48)/b29-25-. The maximum atomic E-state index is 12.7. The van der Waals surface area contributed by atoms with E-state index in [1.165, 1.54) is 109 Å². The first-order valence-corrected chi connectivity index (χ1v) is 20.1. The smallest absolute Gasteiger partial charge is 0.328 e. The molecule has 0 aliphatic heterocycles. The van der Waals surface area contributed by atoms with Crippen molar-refractivity contribution in [1.29, 1.82) is 0 Å². The van der Waals surface area contributed by atoms with Crippen LogP contribution in [0.5, 0.6) is 0 Å². The second-order valence-electron chi connectivity index (χ2n) is 13.7. The maximum absolute atomic E-state index is 12.7. The van der Waals surface area contributed by atoms with Gasteiger partial charge in [-0.15, -0.1) is 0 Å². The Bertz CT molecular complexity index is 848. The Labute approximate surface area is 299 Å². The largest absolute Gasteiger partial charge is 0.480 e. The van der Waals surface area contributed by atoms with Gasteiger partial charge in [-0.05, 0) is 44.6 Å². The van der Waals surface area contributed by atoms with Crippen molar-refractivity contribution in [2.45, 2.75) is 206 Å². The monoisotopic (exact) mass is 695 g/mol. The molecule has 0 aliphatic carbocycles. The molecule has 0 spiro atoms. The zero-order chi connectivity index (χ0) is 36.2. The number of aliphatic carboxylic acids is 1. The first kappa shape index (κ1) is 46.6. The minimum atomic E-state index is -1.39. The number of hydrogen-bond acceptors (Lipinski definition) is 6. The normalized spacial score (nSPS) is 12.6. The fourth-order valence-electron chi connectivity index (χ4n) is 5.86. The predicted octanol–water partition coefficient (Wildman–Crippen LogP) is 9.09. The minimum absolute atomic E-state index is 0.110. The third-order valence-electron chi connectivity index (χ3n) is 9.00. The molecular weight excluding hydrogens is 620 g/mol. The highest BCUT2D eigenvalue weighted by atomic mass is 16.5. The first-order valence-electron chi connectivity index (χ1n) is 20.1. The van der Waals surface area contributed by atoms with Crippen LogP contribution in [0.3, 0.4) is 0 Å². The summed E-state index contributed by atoms with van der Waals surface area (Å²) < 4.78 is 5.88. The highest BCUT2D eigenvalue weighted by Crippen LogP contribution is 2.16. The minimum Gasteiger partial charge on any atom is -0.480 e. The van der Waals surface area contributed by atoms with Gasteiger partial charge in [-0.3, -0.25) is 14.4 Å². The van der Waals surface area contributed by atoms with E-state index in [9.17, 15) is 19.2 Å². The van der Waals surface area contributed by atoms with Crippen molar-refractivity contribution in [3.8, 4) is 0 Å². The van der Waals surface area contributed by atoms with Gasteiger partial charge in [0.2, 0.25) is 11.8 Å². The molecule has 0 saturated carbocycles. The van der Waals surface area contributed by atoms with E-state index >= 15 is 0 Å². The van der Waals surface area contributed by atoms with Crippen molar-refractivity contribution in [1.82, 2.24) is 10.6 Å². The van der Waals surface area contributed by atoms with E-state index in [1.54, 1.807) is 0 Å². The number of allylic oxidation sites excluding steroid dienone is 1. The van der Waals surface area contributed by atoms with Gasteiger partial charge in [0.25, 0.3) is 0 Å². The number of carbonyl (C=O) groups excluding carboxylic acids is 3. The lowest BCUT2D eigenvalue weighted by Gasteiger charge is -2.15. The Kier molecular flexibility index (Phi) is 33.7. The van der Waals surface area contributed by atoms with Crippen LogP contribution in [-0.2, 0) is 23.9 Å². The molecule has 0 saturated heterocycles. The number of aliphatic hydroxyl groups excluding tert-OH is 1. The molecular formula is C40H74N2O7. The number of carbonyl (C=O) groups is 4. The summed E-state index contributed by atoms with van der Waals surface area (Å²) in [6, 6.07) is -1.39. The molecule has 0 fully saturated rings. The van der Waals surface area contributed by atoms with Gasteiger partial charge in [0.15, 0.2) is 0 Å². The number of unbranched alkanes of at least 4 members (excludes halogenated alkanes) is 22. The Balaban J connectivity index is 4.20. The van der Waals surface area contributed by atoms with Crippen LogP contribution in [0.25, 0.3) is 0 Å². The Hall–Kier alpha value is -2.42. The molecule has 0 aliphatic rings. The molecule has 0 bridgehead atoms. The first-order chi connectivity index (χ1) is 23.8. The van der Waals surface area contributed by atoms with Crippen LogP contribution >= 0.6 is 0 Å². The fourth-order valence-corrected chi connectivity index (χ4v) is 5.86. The number of hydrogen-bond donors (Lipinski definition) is 4. The summed E-state index contributed by atoms with van der Waals surface area (Å²) in [5.41, 5.74) is 0. The zero-order valence-electron chi connectivity index (χ0n) is 31.5. The lowest BCUT2D eigenvalue weighted by atomic mass is 10.0. The average molecular weight is 695 g/mol. The summed E-state index contributed by atoms with van der Waals surface area (Å²) in [6.45, 7) is 3.43. The zero-order valence-corrected chi connectivity index (χ0v) is 31.5. The van der Waals surface area contributed by atoms with Crippen molar-refractivity contribution >= 4 is 23.8 Å². The number of aliphatic hydroxyl groups is 1. The van der Waals surface area contributed by atoms with Gasteiger partial charge >= 0.3 is 11.9 Å². The van der Waals surface area contributed by atoms with Gasteiger partial charge < -0.3 is 25.6 Å². The molecule has 0 aromatic carbocycles. The van der Waals surface area contributed by atoms with Crippen molar-refractivity contribution in [2.24, 2.45) is 0 Å². The van der Waals surface area contributed by atoms with E-state index in [4.69, 9.17) is 14.9 Å². The van der Waals surface area contributed by atoms with Crippen LogP contribution in [0.4, 0.5) is 0 Å². The molecule has 0 rings (SSSR count).